The maximum Gasteiger partial charge on any atom is 0.184 e. The van der Waals surface area contributed by atoms with Crippen LogP contribution in [0.2, 0.25) is 10.0 Å². The van der Waals surface area contributed by atoms with E-state index in [0.29, 0.717) is 21.2 Å². The zero-order chi connectivity index (χ0) is 19.3. The van der Waals surface area contributed by atoms with Crippen LogP contribution < -0.4 is 11.1 Å². The Labute approximate surface area is 172 Å². The highest BCUT2D eigenvalue weighted by Gasteiger charge is 2.21. The van der Waals surface area contributed by atoms with Crippen LogP contribution in [0.5, 0.6) is 0 Å². The first-order valence-electron chi connectivity index (χ1n) is 7.22. The number of sulfone groups is 1. The van der Waals surface area contributed by atoms with E-state index in [1.807, 2.05) is 0 Å². The molecule has 2 rings (SSSR count). The average Bonchev–Trinajstić information content (AvgIpc) is 2.58. The molecule has 26 heavy (non-hydrogen) atoms. The zero-order valence-electron chi connectivity index (χ0n) is 13.3. The van der Waals surface area contributed by atoms with Gasteiger partial charge in [0.05, 0.1) is 10.7 Å². The lowest BCUT2D eigenvalue weighted by atomic mass is 10.2. The van der Waals surface area contributed by atoms with Gasteiger partial charge >= 0.3 is 0 Å². The van der Waals surface area contributed by atoms with Crippen LogP contribution in [0.3, 0.4) is 0 Å². The molecule has 0 heterocycles. The smallest absolute Gasteiger partial charge is 0.184 e. The van der Waals surface area contributed by atoms with Crippen molar-refractivity contribution >= 4 is 72.4 Å². The van der Waals surface area contributed by atoms with Gasteiger partial charge < -0.3 is 11.1 Å². The van der Waals surface area contributed by atoms with E-state index in [2.05, 4.69) is 5.32 Å². The number of hydrogen-bond acceptors (Lipinski definition) is 4. The molecule has 9 heteroatoms. The number of nitrogens with one attached hydrogen (secondary N) is 1. The first-order valence-corrected chi connectivity index (χ1v) is 10.4. The third-order valence-electron chi connectivity index (χ3n) is 3.29. The Morgan fingerprint density at radius 1 is 1.00 bits per heavy atom. The summed E-state index contributed by atoms with van der Waals surface area (Å²) in [6.07, 6.45) is 1.29. The Kier molecular flexibility index (Phi) is 7.14. The number of thiocarbonyl (C=S) groups is 2. The highest BCUT2D eigenvalue weighted by Crippen LogP contribution is 2.26. The van der Waals surface area contributed by atoms with Gasteiger partial charge in [0.15, 0.2) is 9.84 Å². The van der Waals surface area contributed by atoms with E-state index in [-0.39, 0.29) is 20.6 Å². The van der Waals surface area contributed by atoms with Gasteiger partial charge in [-0.25, -0.2) is 8.42 Å². The molecule has 0 aliphatic rings. The molecule has 0 saturated heterocycles. The molecule has 136 valence electrons. The van der Waals surface area contributed by atoms with E-state index >= 15 is 0 Å². The van der Waals surface area contributed by atoms with Crippen molar-refractivity contribution in [3.63, 3.8) is 0 Å². The Bertz CT molecular complexity index is 955. The minimum atomic E-state index is -3.71. The molecule has 0 aromatic heterocycles. The third kappa shape index (κ3) is 5.75. The molecule has 2 aromatic carbocycles. The van der Waals surface area contributed by atoms with E-state index in [1.54, 1.807) is 48.5 Å². The monoisotopic (exact) mass is 444 g/mol. The molecule has 0 unspecified atom stereocenters. The molecular weight excluding hydrogens is 431 g/mol. The second-order valence-electron chi connectivity index (χ2n) is 5.24. The van der Waals surface area contributed by atoms with Crippen molar-refractivity contribution in [1.29, 1.82) is 0 Å². The van der Waals surface area contributed by atoms with Gasteiger partial charge in [-0.15, -0.1) is 0 Å². The van der Waals surface area contributed by atoms with Crippen LogP contribution in [0.25, 0.3) is 4.91 Å². The molecule has 0 radical (unpaired) electrons. The van der Waals surface area contributed by atoms with Crippen molar-refractivity contribution < 1.29 is 8.42 Å². The van der Waals surface area contributed by atoms with E-state index < -0.39 is 9.84 Å². The maximum absolute atomic E-state index is 13.0. The van der Waals surface area contributed by atoms with Gasteiger partial charge in [0, 0.05) is 16.2 Å². The minimum absolute atomic E-state index is 0.0261. The van der Waals surface area contributed by atoms with Gasteiger partial charge in [0.2, 0.25) is 0 Å². The normalized spacial score (nSPS) is 11.8. The molecule has 0 atom stereocenters. The van der Waals surface area contributed by atoms with Crippen LogP contribution in [-0.2, 0) is 15.6 Å². The molecule has 0 amide bonds. The largest absolute Gasteiger partial charge is 0.388 e. The summed E-state index contributed by atoms with van der Waals surface area (Å²) >= 11 is 21.5. The van der Waals surface area contributed by atoms with Crippen molar-refractivity contribution in [3.05, 3.63) is 75.9 Å². The second-order valence-corrected chi connectivity index (χ2v) is 8.92. The number of hydrogen-bond donors (Lipinski definition) is 2. The van der Waals surface area contributed by atoms with Crippen molar-refractivity contribution in [2.75, 3.05) is 0 Å². The van der Waals surface area contributed by atoms with E-state index in [1.165, 1.54) is 6.20 Å². The summed E-state index contributed by atoms with van der Waals surface area (Å²) in [4.78, 5) is 0.0951. The van der Waals surface area contributed by atoms with Gasteiger partial charge in [-0.3, -0.25) is 0 Å². The van der Waals surface area contributed by atoms with Gasteiger partial charge in [-0.2, -0.15) is 0 Å². The molecule has 0 bridgehead atoms. The molecular formula is C17H14Cl2N2O2S3. The maximum atomic E-state index is 13.0. The summed E-state index contributed by atoms with van der Waals surface area (Å²) in [7, 11) is -3.71. The fourth-order valence-electron chi connectivity index (χ4n) is 2.05. The number of benzene rings is 2. The quantitative estimate of drug-likeness (QED) is 0.675. The van der Waals surface area contributed by atoms with Crippen LogP contribution in [0.4, 0.5) is 0 Å². The zero-order valence-corrected chi connectivity index (χ0v) is 17.2. The second kappa shape index (κ2) is 8.92. The Morgan fingerprint density at radius 2 is 1.50 bits per heavy atom. The van der Waals surface area contributed by atoms with Gasteiger partial charge in [-0.05, 0) is 35.4 Å². The first kappa shape index (κ1) is 20.8. The van der Waals surface area contributed by atoms with E-state index in [4.69, 9.17) is 53.4 Å². The third-order valence-corrected chi connectivity index (χ3v) is 6.20. The van der Waals surface area contributed by atoms with Crippen molar-refractivity contribution in [3.8, 4) is 0 Å². The van der Waals surface area contributed by atoms with Crippen LogP contribution in [0.1, 0.15) is 11.1 Å². The molecule has 0 spiro atoms. The molecule has 0 fully saturated rings. The van der Waals surface area contributed by atoms with Crippen molar-refractivity contribution in [2.45, 2.75) is 5.75 Å². The Morgan fingerprint density at radius 3 is 2.00 bits per heavy atom. The average molecular weight is 445 g/mol. The van der Waals surface area contributed by atoms with E-state index in [0.717, 1.165) is 0 Å². The molecule has 4 nitrogen and oxygen atoms in total. The highest BCUT2D eigenvalue weighted by atomic mass is 35.5. The van der Waals surface area contributed by atoms with Crippen molar-refractivity contribution in [2.24, 2.45) is 5.73 Å². The van der Waals surface area contributed by atoms with E-state index in [9.17, 15) is 8.42 Å². The molecule has 0 aliphatic heterocycles. The topological polar surface area (TPSA) is 72.2 Å². The van der Waals surface area contributed by atoms with Crippen LogP contribution in [0, 0.1) is 0 Å². The summed E-state index contributed by atoms with van der Waals surface area (Å²) in [5, 5.41) is 3.69. The Hall–Kier alpha value is -1.51. The van der Waals surface area contributed by atoms with Crippen LogP contribution >= 0.6 is 47.6 Å². The summed E-state index contributed by atoms with van der Waals surface area (Å²) in [5.41, 5.74) is 6.51. The molecule has 3 N–H and O–H groups in total. The SMILES string of the molecule is NC(=S)C(=S)N/C=C(/c1ccc(Cl)cc1)S(=O)(=O)Cc1ccc(Cl)cc1. The summed E-state index contributed by atoms with van der Waals surface area (Å²) in [6, 6.07) is 13.0. The lowest BCUT2D eigenvalue weighted by Crippen LogP contribution is -2.30. The summed E-state index contributed by atoms with van der Waals surface area (Å²) in [6.45, 7) is 0. The summed E-state index contributed by atoms with van der Waals surface area (Å²) in [5.74, 6) is -0.208. The van der Waals surface area contributed by atoms with Crippen molar-refractivity contribution in [1.82, 2.24) is 5.32 Å². The molecule has 0 aliphatic carbocycles. The van der Waals surface area contributed by atoms with Crippen LogP contribution in [-0.4, -0.2) is 18.4 Å². The highest BCUT2D eigenvalue weighted by molar-refractivity contribution is 7.99. The first-order chi connectivity index (χ1) is 12.2. The molecule has 0 saturated carbocycles. The minimum Gasteiger partial charge on any atom is -0.388 e. The molecule has 2 aromatic rings. The van der Waals surface area contributed by atoms with Gasteiger partial charge in [0.1, 0.15) is 9.98 Å². The predicted molar refractivity (Wildman–Crippen MR) is 116 cm³/mol. The fraction of sp³-hybridized carbons (Fsp3) is 0.0588. The number of halogens is 2. The number of nitrogens with two attached hydrogens (primary N) is 1. The van der Waals surface area contributed by atoms with Crippen LogP contribution in [0.15, 0.2) is 54.7 Å². The number of rotatable bonds is 5. The summed E-state index contributed by atoms with van der Waals surface area (Å²) < 4.78 is 25.9. The fourth-order valence-corrected chi connectivity index (χ4v) is 3.94. The lowest BCUT2D eigenvalue weighted by molar-refractivity contribution is 0.605. The van der Waals surface area contributed by atoms with Gasteiger partial charge in [0.25, 0.3) is 0 Å². The standard InChI is InChI=1S/C17H14Cl2N2O2S3/c18-13-5-1-11(2-6-13)10-26(22,23)15(9-21-17(25)16(20)24)12-3-7-14(19)8-4-12/h1-9H,10H2,(H2,20,24)(H,21,25)/b15-9-. The Balaban J connectivity index is 2.42. The predicted octanol–water partition coefficient (Wildman–Crippen LogP) is 4.11. The lowest BCUT2D eigenvalue weighted by Gasteiger charge is -2.11. The van der Waals surface area contributed by atoms with Gasteiger partial charge in [-0.1, -0.05) is 71.9 Å².